The molecule has 0 aromatic heterocycles. The van der Waals surface area contributed by atoms with E-state index in [1.165, 1.54) is 12.0 Å². The van der Waals surface area contributed by atoms with E-state index >= 15 is 0 Å². The van der Waals surface area contributed by atoms with E-state index in [1.54, 1.807) is 4.90 Å². The Bertz CT molecular complexity index is 468. The van der Waals surface area contributed by atoms with Gasteiger partial charge in [-0.05, 0) is 31.2 Å². The topological polar surface area (TPSA) is 46.3 Å². The summed E-state index contributed by atoms with van der Waals surface area (Å²) >= 11 is 0. The maximum atomic E-state index is 12.6. The van der Waals surface area contributed by atoms with E-state index in [-0.39, 0.29) is 5.91 Å². The fourth-order valence-electron chi connectivity index (χ4n) is 3.21. The van der Waals surface area contributed by atoms with Crippen molar-refractivity contribution < 1.29 is 4.79 Å². The average Bonchev–Trinajstić information content (AvgIpc) is 2.40. The normalized spacial score (nSPS) is 26.3. The molecule has 1 aliphatic carbocycles. The second-order valence-electron chi connectivity index (χ2n) is 6.50. The highest BCUT2D eigenvalue weighted by atomic mass is 16.2. The van der Waals surface area contributed by atoms with Gasteiger partial charge in [-0.2, -0.15) is 0 Å². The Morgan fingerprint density at radius 3 is 2.65 bits per heavy atom. The second-order valence-corrected chi connectivity index (χ2v) is 6.50. The van der Waals surface area contributed by atoms with E-state index in [1.807, 2.05) is 7.05 Å². The molecule has 0 aliphatic heterocycles. The first-order chi connectivity index (χ1) is 9.40. The molecule has 20 heavy (non-hydrogen) atoms. The first kappa shape index (κ1) is 15.0. The van der Waals surface area contributed by atoms with Gasteiger partial charge in [0.15, 0.2) is 0 Å². The third kappa shape index (κ3) is 3.40. The van der Waals surface area contributed by atoms with Crippen LogP contribution in [-0.4, -0.2) is 23.4 Å². The zero-order chi connectivity index (χ0) is 14.8. The van der Waals surface area contributed by atoms with Gasteiger partial charge >= 0.3 is 0 Å². The minimum absolute atomic E-state index is 0.0876. The van der Waals surface area contributed by atoms with Crippen LogP contribution in [-0.2, 0) is 11.3 Å². The van der Waals surface area contributed by atoms with E-state index in [9.17, 15) is 4.79 Å². The number of rotatable bonds is 3. The van der Waals surface area contributed by atoms with Crippen LogP contribution >= 0.6 is 0 Å². The van der Waals surface area contributed by atoms with Crippen LogP contribution < -0.4 is 5.73 Å². The second kappa shape index (κ2) is 5.96. The maximum absolute atomic E-state index is 12.6. The number of amides is 1. The van der Waals surface area contributed by atoms with Gasteiger partial charge in [0, 0.05) is 13.6 Å². The number of nitrogens with zero attached hydrogens (tertiary/aromatic N) is 1. The minimum Gasteiger partial charge on any atom is -0.340 e. The molecule has 1 saturated carbocycles. The van der Waals surface area contributed by atoms with Gasteiger partial charge < -0.3 is 10.6 Å². The molecule has 3 nitrogen and oxygen atoms in total. The molecule has 1 fully saturated rings. The standard InChI is InChI=1S/C17H26N2O/c1-13-6-8-15(9-7-13)12-19(3)16(20)17(18)10-4-5-14(2)11-17/h6-9,14H,4-5,10-12,18H2,1-3H3. The third-order valence-corrected chi connectivity index (χ3v) is 4.35. The molecule has 0 heterocycles. The van der Waals surface area contributed by atoms with Crippen molar-refractivity contribution in [1.29, 1.82) is 0 Å². The van der Waals surface area contributed by atoms with E-state index in [2.05, 4.69) is 38.1 Å². The van der Waals surface area contributed by atoms with Crippen molar-refractivity contribution in [3.8, 4) is 0 Å². The van der Waals surface area contributed by atoms with Crippen molar-refractivity contribution in [3.05, 3.63) is 35.4 Å². The van der Waals surface area contributed by atoms with E-state index in [0.717, 1.165) is 24.8 Å². The van der Waals surface area contributed by atoms with Crippen molar-refractivity contribution in [2.24, 2.45) is 11.7 Å². The van der Waals surface area contributed by atoms with E-state index in [4.69, 9.17) is 5.73 Å². The van der Waals surface area contributed by atoms with Crippen molar-refractivity contribution in [3.63, 3.8) is 0 Å². The zero-order valence-electron chi connectivity index (χ0n) is 12.9. The summed E-state index contributed by atoms with van der Waals surface area (Å²) in [5, 5.41) is 0. The third-order valence-electron chi connectivity index (χ3n) is 4.35. The summed E-state index contributed by atoms with van der Waals surface area (Å²) in [6.45, 7) is 4.89. The van der Waals surface area contributed by atoms with Crippen molar-refractivity contribution >= 4 is 5.91 Å². The van der Waals surface area contributed by atoms with Crippen molar-refractivity contribution in [2.75, 3.05) is 7.05 Å². The molecule has 1 aliphatic rings. The van der Waals surface area contributed by atoms with Crippen LogP contribution in [0.2, 0.25) is 0 Å². The van der Waals surface area contributed by atoms with Gasteiger partial charge in [-0.25, -0.2) is 0 Å². The number of benzene rings is 1. The Labute approximate surface area is 122 Å². The monoisotopic (exact) mass is 274 g/mol. The first-order valence-corrected chi connectivity index (χ1v) is 7.51. The molecule has 2 atom stereocenters. The fourth-order valence-corrected chi connectivity index (χ4v) is 3.21. The van der Waals surface area contributed by atoms with Gasteiger partial charge in [-0.15, -0.1) is 0 Å². The molecular formula is C17H26N2O. The summed E-state index contributed by atoms with van der Waals surface area (Å²) in [6, 6.07) is 8.31. The summed E-state index contributed by atoms with van der Waals surface area (Å²) in [4.78, 5) is 14.4. The molecule has 2 N–H and O–H groups in total. The smallest absolute Gasteiger partial charge is 0.242 e. The quantitative estimate of drug-likeness (QED) is 0.921. The molecule has 2 rings (SSSR count). The Hall–Kier alpha value is -1.35. The van der Waals surface area contributed by atoms with Crippen LogP contribution in [0.1, 0.15) is 43.7 Å². The molecule has 0 saturated heterocycles. The minimum atomic E-state index is -0.656. The van der Waals surface area contributed by atoms with Crippen LogP contribution in [0.3, 0.4) is 0 Å². The highest BCUT2D eigenvalue weighted by Crippen LogP contribution is 2.31. The lowest BCUT2D eigenvalue weighted by molar-refractivity contribution is -0.138. The van der Waals surface area contributed by atoms with Crippen LogP contribution in [0, 0.1) is 12.8 Å². The summed E-state index contributed by atoms with van der Waals surface area (Å²) in [6.07, 6.45) is 3.87. The van der Waals surface area contributed by atoms with Crippen molar-refractivity contribution in [2.45, 2.75) is 51.6 Å². The predicted molar refractivity (Wildman–Crippen MR) is 82.2 cm³/mol. The molecule has 0 radical (unpaired) electrons. The Kier molecular flexibility index (Phi) is 4.48. The van der Waals surface area contributed by atoms with Crippen LogP contribution in [0.5, 0.6) is 0 Å². The first-order valence-electron chi connectivity index (χ1n) is 7.51. The summed E-state index contributed by atoms with van der Waals surface area (Å²) in [5.41, 5.74) is 8.11. The van der Waals surface area contributed by atoms with Gasteiger partial charge in [0.1, 0.15) is 0 Å². The largest absolute Gasteiger partial charge is 0.340 e. The lowest BCUT2D eigenvalue weighted by Crippen LogP contribution is -2.56. The highest BCUT2D eigenvalue weighted by Gasteiger charge is 2.39. The number of likely N-dealkylation sites (N-methyl/N-ethyl adjacent to an activating group) is 1. The Morgan fingerprint density at radius 2 is 2.05 bits per heavy atom. The van der Waals surface area contributed by atoms with Gasteiger partial charge in [0.05, 0.1) is 5.54 Å². The van der Waals surface area contributed by atoms with E-state index < -0.39 is 5.54 Å². The Balaban J connectivity index is 2.02. The van der Waals surface area contributed by atoms with Crippen LogP contribution in [0.4, 0.5) is 0 Å². The average molecular weight is 274 g/mol. The van der Waals surface area contributed by atoms with Gasteiger partial charge in [-0.1, -0.05) is 49.6 Å². The number of carbonyl (C=O) groups is 1. The van der Waals surface area contributed by atoms with Crippen molar-refractivity contribution in [1.82, 2.24) is 4.90 Å². The summed E-state index contributed by atoms with van der Waals surface area (Å²) < 4.78 is 0. The molecule has 0 bridgehead atoms. The molecule has 1 amide bonds. The van der Waals surface area contributed by atoms with Gasteiger partial charge in [-0.3, -0.25) is 4.79 Å². The number of carbonyl (C=O) groups excluding carboxylic acids is 1. The molecule has 1 aromatic carbocycles. The maximum Gasteiger partial charge on any atom is 0.242 e. The fraction of sp³-hybridized carbons (Fsp3) is 0.588. The number of hydrogen-bond acceptors (Lipinski definition) is 2. The van der Waals surface area contributed by atoms with Crippen LogP contribution in [0.25, 0.3) is 0 Å². The lowest BCUT2D eigenvalue weighted by atomic mass is 9.76. The molecule has 1 aromatic rings. The molecule has 3 heteroatoms. The number of hydrogen-bond donors (Lipinski definition) is 1. The van der Waals surface area contributed by atoms with Crippen LogP contribution in [0.15, 0.2) is 24.3 Å². The summed E-state index contributed by atoms with van der Waals surface area (Å²) in [5.74, 6) is 0.634. The molecule has 0 spiro atoms. The number of aryl methyl sites for hydroxylation is 1. The molecule has 110 valence electrons. The lowest BCUT2D eigenvalue weighted by Gasteiger charge is -2.38. The highest BCUT2D eigenvalue weighted by molar-refractivity contribution is 5.86. The Morgan fingerprint density at radius 1 is 1.40 bits per heavy atom. The predicted octanol–water partition coefficient (Wildman–Crippen LogP) is 2.86. The zero-order valence-corrected chi connectivity index (χ0v) is 12.9. The van der Waals surface area contributed by atoms with Gasteiger partial charge in [0.2, 0.25) is 5.91 Å². The molecule has 2 unspecified atom stereocenters. The SMILES string of the molecule is Cc1ccc(CN(C)C(=O)C2(N)CCCC(C)C2)cc1. The van der Waals surface area contributed by atoms with Gasteiger partial charge in [0.25, 0.3) is 0 Å². The summed E-state index contributed by atoms with van der Waals surface area (Å²) in [7, 11) is 1.86. The number of nitrogens with two attached hydrogens (primary N) is 1. The molecular weight excluding hydrogens is 248 g/mol. The van der Waals surface area contributed by atoms with E-state index in [0.29, 0.717) is 12.5 Å².